The summed E-state index contributed by atoms with van der Waals surface area (Å²) >= 11 is 14.0. The second-order valence-corrected chi connectivity index (χ2v) is 14.1. The normalized spacial score (nSPS) is 15.7. The van der Waals surface area contributed by atoms with E-state index in [9.17, 15) is 9.90 Å². The molecule has 1 amide bonds. The van der Waals surface area contributed by atoms with Gasteiger partial charge in [0.25, 0.3) is 5.91 Å². The molecular weight excluding hydrogens is 635 g/mol. The van der Waals surface area contributed by atoms with E-state index in [0.717, 1.165) is 48.6 Å². The maximum absolute atomic E-state index is 13.5. The molecule has 2 aromatic heterocycles. The zero-order chi connectivity index (χ0) is 33.5. The van der Waals surface area contributed by atoms with Gasteiger partial charge in [-0.2, -0.15) is 0 Å². The van der Waals surface area contributed by atoms with E-state index in [2.05, 4.69) is 27.0 Å². The zero-order valence-electron chi connectivity index (χ0n) is 27.4. The van der Waals surface area contributed by atoms with Gasteiger partial charge in [0, 0.05) is 56.0 Å². The van der Waals surface area contributed by atoms with E-state index in [-0.39, 0.29) is 5.91 Å². The molecule has 246 valence electrons. The number of aryl methyl sites for hydroxylation is 1. The first-order chi connectivity index (χ1) is 22.4. The molecule has 9 nitrogen and oxygen atoms in total. The minimum Gasteiger partial charge on any atom is -0.480 e. The van der Waals surface area contributed by atoms with Crippen LogP contribution in [0.1, 0.15) is 53.8 Å². The number of fused-ring (bicyclic) bond motifs is 1. The highest BCUT2D eigenvalue weighted by Crippen LogP contribution is 2.41. The molecule has 1 saturated heterocycles. The number of aromatic nitrogens is 3. The van der Waals surface area contributed by atoms with Crippen LogP contribution in [0, 0.1) is 12.8 Å². The molecule has 4 aromatic rings. The van der Waals surface area contributed by atoms with Gasteiger partial charge in [0.2, 0.25) is 5.88 Å². The van der Waals surface area contributed by atoms with E-state index in [1.807, 2.05) is 43.3 Å². The number of carbonyl (C=O) groups is 1. The fraction of sp³-hybridized carbons (Fsp3) is 0.389. The average Bonchev–Trinajstić information content (AvgIpc) is 3.01. The van der Waals surface area contributed by atoms with E-state index >= 15 is 0 Å². The second-order valence-electron chi connectivity index (χ2n) is 13.3. The van der Waals surface area contributed by atoms with Crippen LogP contribution in [0.2, 0.25) is 10.0 Å². The maximum atomic E-state index is 13.5. The molecule has 2 aliphatic rings. The standard InChI is InChI=1S/C36H40Cl2N6O3/c1-21-16-44(17-21)19-31-35(47-5)42-29(15-39-31)26-10-6-8-24(32(26)37)25-9-7-11-27(33(25)38)41-34(45)28-14-22(2)23-12-13-43(18-30(23)40-28)20-36(3,4)46/h6-11,14-15,21,46H,12-13,16-20H2,1-5H3,(H,41,45). The lowest BCUT2D eigenvalue weighted by Crippen LogP contribution is -2.44. The number of rotatable bonds is 9. The van der Waals surface area contributed by atoms with Crippen molar-refractivity contribution in [3.63, 3.8) is 0 Å². The zero-order valence-corrected chi connectivity index (χ0v) is 28.9. The molecule has 4 heterocycles. The molecule has 0 unspecified atom stereocenters. The van der Waals surface area contributed by atoms with Gasteiger partial charge in [-0.1, -0.05) is 60.5 Å². The van der Waals surface area contributed by atoms with Crippen LogP contribution in [0.15, 0.2) is 48.7 Å². The summed E-state index contributed by atoms with van der Waals surface area (Å²) in [6, 6.07) is 12.9. The fourth-order valence-electron chi connectivity index (χ4n) is 6.52. The van der Waals surface area contributed by atoms with E-state index in [4.69, 9.17) is 37.9 Å². The fourth-order valence-corrected chi connectivity index (χ4v) is 7.12. The Bertz CT molecular complexity index is 1820. The number of nitrogens with one attached hydrogen (secondary N) is 1. The Hall–Kier alpha value is -3.60. The predicted molar refractivity (Wildman–Crippen MR) is 186 cm³/mol. The quantitative estimate of drug-likeness (QED) is 0.203. The number of nitrogens with zero attached hydrogens (tertiary/aromatic N) is 5. The number of ether oxygens (including phenoxy) is 1. The van der Waals surface area contributed by atoms with Crippen molar-refractivity contribution in [3.8, 4) is 28.3 Å². The third-order valence-corrected chi connectivity index (χ3v) is 9.47. The Labute approximate surface area is 285 Å². The number of carbonyl (C=O) groups excluding carboxylic acids is 1. The third-order valence-electron chi connectivity index (χ3n) is 8.66. The lowest BCUT2D eigenvalue weighted by molar-refractivity contribution is 0.0312. The lowest BCUT2D eigenvalue weighted by atomic mass is 9.97. The van der Waals surface area contributed by atoms with Gasteiger partial charge in [-0.25, -0.2) is 9.97 Å². The Morgan fingerprint density at radius 2 is 1.77 bits per heavy atom. The summed E-state index contributed by atoms with van der Waals surface area (Å²) in [5.41, 5.74) is 6.41. The summed E-state index contributed by atoms with van der Waals surface area (Å²) in [4.78, 5) is 32.2. The molecule has 0 bridgehead atoms. The molecule has 2 aromatic carbocycles. The maximum Gasteiger partial charge on any atom is 0.274 e. The van der Waals surface area contributed by atoms with E-state index < -0.39 is 5.60 Å². The van der Waals surface area contributed by atoms with Gasteiger partial charge >= 0.3 is 0 Å². The molecule has 0 spiro atoms. The van der Waals surface area contributed by atoms with Crippen LogP contribution in [0.3, 0.4) is 0 Å². The van der Waals surface area contributed by atoms with Crippen LogP contribution >= 0.6 is 23.2 Å². The molecule has 0 saturated carbocycles. The Morgan fingerprint density at radius 3 is 2.47 bits per heavy atom. The van der Waals surface area contributed by atoms with Crippen molar-refractivity contribution in [1.82, 2.24) is 24.8 Å². The first-order valence-electron chi connectivity index (χ1n) is 15.9. The SMILES string of the molecule is COc1nc(-c2cccc(-c3cccc(NC(=O)c4cc(C)c5c(n4)CN(CC(C)(C)O)CC5)c3Cl)c2Cl)cnc1CN1CC(C)C1. The van der Waals surface area contributed by atoms with E-state index in [0.29, 0.717) is 75.2 Å². The molecule has 0 radical (unpaired) electrons. The van der Waals surface area contributed by atoms with E-state index in [1.165, 1.54) is 0 Å². The van der Waals surface area contributed by atoms with Crippen LogP contribution in [-0.4, -0.2) is 74.7 Å². The molecule has 11 heteroatoms. The van der Waals surface area contributed by atoms with Crippen molar-refractivity contribution in [2.45, 2.75) is 52.8 Å². The van der Waals surface area contributed by atoms with Gasteiger partial charge in [0.15, 0.2) is 0 Å². The molecule has 0 aliphatic carbocycles. The Morgan fingerprint density at radius 1 is 1.06 bits per heavy atom. The van der Waals surface area contributed by atoms with Gasteiger partial charge < -0.3 is 15.2 Å². The highest BCUT2D eigenvalue weighted by molar-refractivity contribution is 6.39. The van der Waals surface area contributed by atoms with Crippen molar-refractivity contribution < 1.29 is 14.6 Å². The summed E-state index contributed by atoms with van der Waals surface area (Å²) in [5.74, 6) is 0.807. The Balaban J connectivity index is 1.24. The predicted octanol–water partition coefficient (Wildman–Crippen LogP) is 6.66. The number of likely N-dealkylation sites (tertiary alicyclic amines) is 1. The number of pyridine rings is 1. The molecule has 47 heavy (non-hydrogen) atoms. The summed E-state index contributed by atoms with van der Waals surface area (Å²) in [5, 5.41) is 14.1. The summed E-state index contributed by atoms with van der Waals surface area (Å²) in [6.45, 7) is 12.5. The highest BCUT2D eigenvalue weighted by Gasteiger charge is 2.27. The van der Waals surface area contributed by atoms with Gasteiger partial charge in [-0.15, -0.1) is 0 Å². The van der Waals surface area contributed by atoms with Crippen molar-refractivity contribution in [3.05, 3.63) is 86.9 Å². The number of aliphatic hydroxyl groups is 1. The summed E-state index contributed by atoms with van der Waals surface area (Å²) < 4.78 is 5.61. The van der Waals surface area contributed by atoms with Crippen LogP contribution in [-0.2, 0) is 19.5 Å². The van der Waals surface area contributed by atoms with Crippen LogP contribution in [0.5, 0.6) is 5.88 Å². The first-order valence-corrected chi connectivity index (χ1v) is 16.6. The number of anilines is 1. The van der Waals surface area contributed by atoms with Crippen molar-refractivity contribution in [2.24, 2.45) is 5.92 Å². The number of benzene rings is 2. The number of methoxy groups -OCH3 is 1. The third kappa shape index (κ3) is 7.29. The monoisotopic (exact) mass is 674 g/mol. The number of hydrogen-bond acceptors (Lipinski definition) is 8. The van der Waals surface area contributed by atoms with Crippen molar-refractivity contribution in [2.75, 3.05) is 38.6 Å². The summed E-state index contributed by atoms with van der Waals surface area (Å²) in [7, 11) is 1.60. The first kappa shape index (κ1) is 33.3. The van der Waals surface area contributed by atoms with Crippen molar-refractivity contribution >= 4 is 34.8 Å². The second kappa shape index (κ2) is 13.5. The molecule has 2 N–H and O–H groups in total. The number of hydrogen-bond donors (Lipinski definition) is 2. The molecule has 6 rings (SSSR count). The largest absolute Gasteiger partial charge is 0.480 e. The molecular formula is C36H40Cl2N6O3. The average molecular weight is 676 g/mol. The van der Waals surface area contributed by atoms with Crippen LogP contribution < -0.4 is 10.1 Å². The highest BCUT2D eigenvalue weighted by atomic mass is 35.5. The van der Waals surface area contributed by atoms with Crippen LogP contribution in [0.25, 0.3) is 22.4 Å². The van der Waals surface area contributed by atoms with Crippen LogP contribution in [0.4, 0.5) is 5.69 Å². The number of β-amino-alcohol motifs (C(OH)–C–C–N with tert-alkyl or cyclic N) is 1. The summed E-state index contributed by atoms with van der Waals surface area (Å²) in [6.07, 6.45) is 2.54. The molecule has 1 fully saturated rings. The van der Waals surface area contributed by atoms with Crippen molar-refractivity contribution in [1.29, 1.82) is 0 Å². The van der Waals surface area contributed by atoms with Gasteiger partial charge in [0.05, 0.1) is 46.0 Å². The topological polar surface area (TPSA) is 104 Å². The number of amides is 1. The van der Waals surface area contributed by atoms with E-state index in [1.54, 1.807) is 33.2 Å². The van der Waals surface area contributed by atoms with Gasteiger partial charge in [0.1, 0.15) is 11.4 Å². The molecule has 2 aliphatic heterocycles. The lowest BCUT2D eigenvalue weighted by Gasteiger charge is -2.36. The number of halogens is 2. The minimum atomic E-state index is -0.816. The minimum absolute atomic E-state index is 0.312. The smallest absolute Gasteiger partial charge is 0.274 e. The Kier molecular flexibility index (Phi) is 9.56. The van der Waals surface area contributed by atoms with Gasteiger partial charge in [-0.05, 0) is 56.4 Å². The molecule has 0 atom stereocenters. The van der Waals surface area contributed by atoms with Gasteiger partial charge in [-0.3, -0.25) is 19.6 Å².